The van der Waals surface area contributed by atoms with Crippen molar-refractivity contribution in [3.05, 3.63) is 130 Å². The molecule has 0 spiro atoms. The summed E-state index contributed by atoms with van der Waals surface area (Å²) in [6, 6.07) is 19.0. The van der Waals surface area contributed by atoms with Crippen LogP contribution in [0.4, 0.5) is 4.39 Å². The zero-order valence-corrected chi connectivity index (χ0v) is 20.3. The number of rotatable bonds is 4. The van der Waals surface area contributed by atoms with E-state index in [9.17, 15) is 9.18 Å². The Labute approximate surface area is 210 Å². The maximum atomic E-state index is 13.8. The largest absolute Gasteiger partial charge is 0.364 e. The third kappa shape index (κ3) is 3.58. The van der Waals surface area contributed by atoms with Crippen molar-refractivity contribution in [1.82, 2.24) is 5.32 Å². The van der Waals surface area contributed by atoms with Gasteiger partial charge in [-0.15, -0.1) is 0 Å². The highest BCUT2D eigenvalue weighted by molar-refractivity contribution is 6.01. The van der Waals surface area contributed by atoms with Gasteiger partial charge in [0.25, 0.3) is 0 Å². The molecule has 3 heteroatoms. The van der Waals surface area contributed by atoms with Crippen LogP contribution in [0.15, 0.2) is 96.9 Å². The van der Waals surface area contributed by atoms with E-state index in [0.717, 1.165) is 23.8 Å². The van der Waals surface area contributed by atoms with Crippen molar-refractivity contribution < 1.29 is 9.18 Å². The van der Waals surface area contributed by atoms with Crippen LogP contribution in [0.25, 0.3) is 23.3 Å². The summed E-state index contributed by atoms with van der Waals surface area (Å²) in [6.07, 6.45) is 17.0. The molecule has 0 aromatic heterocycles. The topological polar surface area (TPSA) is 29.1 Å². The minimum absolute atomic E-state index is 0.0348. The number of nitrogens with one attached hydrogen (secondary N) is 1. The van der Waals surface area contributed by atoms with Crippen LogP contribution in [0, 0.1) is 11.7 Å². The number of allylic oxidation sites excluding steroid dienone is 5. The van der Waals surface area contributed by atoms with Gasteiger partial charge in [-0.1, -0.05) is 67.6 Å². The van der Waals surface area contributed by atoms with Gasteiger partial charge in [0.2, 0.25) is 0 Å². The third-order valence-corrected chi connectivity index (χ3v) is 7.98. The molecule has 3 aliphatic rings. The summed E-state index contributed by atoms with van der Waals surface area (Å²) in [6.45, 7) is 2.20. The molecular formula is C33H28FNO. The molecule has 2 nitrogen and oxygen atoms in total. The molecule has 0 saturated heterocycles. The summed E-state index contributed by atoms with van der Waals surface area (Å²) in [5.74, 6) is -0.618. The van der Waals surface area contributed by atoms with E-state index in [4.69, 9.17) is 0 Å². The fourth-order valence-corrected chi connectivity index (χ4v) is 6.14. The number of carbonyl (C=O) groups is 1. The maximum Gasteiger partial charge on any atom is 0.169 e. The molecule has 3 aromatic carbocycles. The van der Waals surface area contributed by atoms with E-state index in [1.54, 1.807) is 12.1 Å². The molecule has 1 heterocycles. The molecule has 0 amide bonds. The maximum absolute atomic E-state index is 13.8. The van der Waals surface area contributed by atoms with E-state index < -0.39 is 0 Å². The lowest BCUT2D eigenvalue weighted by Crippen LogP contribution is -2.48. The quantitative estimate of drug-likeness (QED) is 0.491. The second kappa shape index (κ2) is 8.91. The molecule has 1 aliphatic heterocycles. The van der Waals surface area contributed by atoms with Gasteiger partial charge in [0.1, 0.15) is 5.82 Å². The van der Waals surface area contributed by atoms with Crippen molar-refractivity contribution in [2.24, 2.45) is 5.92 Å². The molecule has 178 valence electrons. The van der Waals surface area contributed by atoms with Crippen LogP contribution < -0.4 is 15.8 Å². The van der Waals surface area contributed by atoms with Gasteiger partial charge in [0, 0.05) is 28.8 Å². The number of carbonyl (C=O) groups excluding carboxylic acids is 1. The van der Waals surface area contributed by atoms with Crippen LogP contribution in [0.3, 0.4) is 0 Å². The SMILES string of the molecule is CCC1(C2=CC=CC=CN2)CC(C(=O)c2ccc(F)cc2)C=c2c1ccc1c2=CCc2ccccc2-1. The van der Waals surface area contributed by atoms with Gasteiger partial charge in [-0.25, -0.2) is 4.39 Å². The molecule has 0 fully saturated rings. The summed E-state index contributed by atoms with van der Waals surface area (Å²) in [5.41, 5.74) is 6.34. The zero-order chi connectivity index (χ0) is 24.7. The molecule has 0 bridgehead atoms. The lowest BCUT2D eigenvalue weighted by Gasteiger charge is -2.41. The van der Waals surface area contributed by atoms with Gasteiger partial charge in [0.05, 0.1) is 0 Å². The van der Waals surface area contributed by atoms with Gasteiger partial charge in [0.15, 0.2) is 5.78 Å². The van der Waals surface area contributed by atoms with Crippen molar-refractivity contribution >= 4 is 17.9 Å². The van der Waals surface area contributed by atoms with Crippen LogP contribution in [0.2, 0.25) is 0 Å². The van der Waals surface area contributed by atoms with Gasteiger partial charge in [-0.05, 0) is 88.4 Å². The van der Waals surface area contributed by atoms with E-state index in [1.165, 1.54) is 39.6 Å². The Hall–Kier alpha value is -3.98. The molecule has 0 radical (unpaired) electrons. The van der Waals surface area contributed by atoms with E-state index in [2.05, 4.69) is 72.9 Å². The third-order valence-electron chi connectivity index (χ3n) is 7.98. The van der Waals surface area contributed by atoms with Gasteiger partial charge in [-0.3, -0.25) is 4.79 Å². The summed E-state index contributed by atoms with van der Waals surface area (Å²) >= 11 is 0. The normalized spacial score (nSPS) is 21.5. The molecule has 2 atom stereocenters. The minimum Gasteiger partial charge on any atom is -0.364 e. The summed E-state index contributed by atoms with van der Waals surface area (Å²) in [5, 5.41) is 5.88. The minimum atomic E-state index is -0.358. The van der Waals surface area contributed by atoms with Gasteiger partial charge >= 0.3 is 0 Å². The standard InChI is InChI=1S/C33H28FNO/c1-2-33(31-10-4-3-7-19-35-31)21-24(32(36)23-11-14-25(34)15-12-23)20-29-28-16-13-22-8-5-6-9-26(22)27(28)17-18-30(29)33/h3-12,14-20,24,35H,2,13,21H2,1H3. The van der Waals surface area contributed by atoms with Crippen LogP contribution >= 0.6 is 0 Å². The monoisotopic (exact) mass is 473 g/mol. The van der Waals surface area contributed by atoms with Crippen LogP contribution in [0.1, 0.15) is 41.3 Å². The molecule has 0 saturated carbocycles. The first-order valence-electron chi connectivity index (χ1n) is 12.6. The average Bonchev–Trinajstić information content (AvgIpc) is 3.22. The van der Waals surface area contributed by atoms with Crippen LogP contribution in [-0.4, -0.2) is 5.78 Å². The van der Waals surface area contributed by atoms with Gasteiger partial charge < -0.3 is 5.32 Å². The Morgan fingerprint density at radius 3 is 2.64 bits per heavy atom. The molecular weight excluding hydrogens is 445 g/mol. The van der Waals surface area contributed by atoms with E-state index >= 15 is 0 Å². The fourth-order valence-electron chi connectivity index (χ4n) is 6.14. The van der Waals surface area contributed by atoms with Gasteiger partial charge in [-0.2, -0.15) is 0 Å². The van der Waals surface area contributed by atoms with E-state index in [-0.39, 0.29) is 22.9 Å². The number of hydrogen-bond acceptors (Lipinski definition) is 2. The number of fused-ring (bicyclic) bond motifs is 5. The number of halogens is 1. The second-order valence-corrected chi connectivity index (χ2v) is 9.81. The van der Waals surface area contributed by atoms with Crippen LogP contribution in [-0.2, 0) is 11.8 Å². The highest BCUT2D eigenvalue weighted by Crippen LogP contribution is 2.43. The lowest BCUT2D eigenvalue weighted by atomic mass is 9.64. The van der Waals surface area contributed by atoms with Crippen LogP contribution in [0.5, 0.6) is 0 Å². The highest BCUT2D eigenvalue weighted by Gasteiger charge is 2.42. The Morgan fingerprint density at radius 1 is 0.972 bits per heavy atom. The molecule has 3 aromatic rings. The first kappa shape index (κ1) is 22.5. The Morgan fingerprint density at radius 2 is 1.81 bits per heavy atom. The molecule has 6 rings (SSSR count). The fraction of sp³-hybridized carbons (Fsp3) is 0.182. The first-order valence-corrected chi connectivity index (χ1v) is 12.6. The smallest absolute Gasteiger partial charge is 0.169 e. The molecule has 36 heavy (non-hydrogen) atoms. The Kier molecular flexibility index (Phi) is 5.56. The number of benzene rings is 3. The number of hydrogen-bond donors (Lipinski definition) is 1. The highest BCUT2D eigenvalue weighted by atomic mass is 19.1. The lowest BCUT2D eigenvalue weighted by molar-refractivity contribution is 0.0932. The predicted molar refractivity (Wildman–Crippen MR) is 144 cm³/mol. The summed E-state index contributed by atoms with van der Waals surface area (Å²) in [4.78, 5) is 13.8. The van der Waals surface area contributed by atoms with E-state index in [0.29, 0.717) is 12.0 Å². The van der Waals surface area contributed by atoms with Crippen molar-refractivity contribution in [2.75, 3.05) is 0 Å². The first-order chi connectivity index (χ1) is 17.6. The zero-order valence-electron chi connectivity index (χ0n) is 20.3. The number of Topliss-reactive ketones (excluding diaryl/α,β-unsaturated/α-hetero) is 1. The number of ketones is 1. The van der Waals surface area contributed by atoms with E-state index in [1.807, 2.05) is 18.4 Å². The summed E-state index contributed by atoms with van der Waals surface area (Å²) < 4.78 is 13.6. The summed E-state index contributed by atoms with van der Waals surface area (Å²) in [7, 11) is 0. The van der Waals surface area contributed by atoms with Crippen molar-refractivity contribution in [2.45, 2.75) is 31.6 Å². The second-order valence-electron chi connectivity index (χ2n) is 9.81. The van der Waals surface area contributed by atoms with Crippen molar-refractivity contribution in [3.8, 4) is 11.1 Å². The Balaban J connectivity index is 1.60. The molecule has 2 aliphatic carbocycles. The molecule has 1 N–H and O–H groups in total. The van der Waals surface area contributed by atoms with Crippen molar-refractivity contribution in [1.29, 1.82) is 0 Å². The Bertz CT molecular complexity index is 1570. The van der Waals surface area contributed by atoms with Crippen molar-refractivity contribution in [3.63, 3.8) is 0 Å². The molecule has 2 unspecified atom stereocenters. The predicted octanol–water partition coefficient (Wildman–Crippen LogP) is 5.72. The average molecular weight is 474 g/mol.